The van der Waals surface area contributed by atoms with Crippen molar-refractivity contribution in [1.29, 1.82) is 0 Å². The zero-order chi connectivity index (χ0) is 35.7. The highest BCUT2D eigenvalue weighted by molar-refractivity contribution is 5.88. The van der Waals surface area contributed by atoms with Crippen molar-refractivity contribution >= 4 is 41.4 Å². The average molecular weight is 686 g/mol. The van der Waals surface area contributed by atoms with E-state index >= 15 is 0 Å². The quantitative estimate of drug-likeness (QED) is 0.186. The molecule has 10 atom stereocenters. The van der Waals surface area contributed by atoms with Crippen LogP contribution in [0, 0.1) is 0 Å². The number of ether oxygens (including phenoxy) is 9. The van der Waals surface area contributed by atoms with Crippen molar-refractivity contribution in [2.75, 3.05) is 18.5 Å². The minimum Gasteiger partial charge on any atom is -0.463 e. The standard InChI is InChI=1S/C30H39NO17/c1-13(32)31-19-7-9-20(10-8-19)45-29-24(39)23(38)25(21(46-29)11-40-14(2)33)48-30-28(44-18(6)37)27(43-17(5)36)26(42-16(4)35)22(47-30)12-41-15(3)34/h7-10,21-30,38-39H,11-12H2,1-6H3,(H,31,32)/t21?,22?,23?,24?,25-,26-,27+,28-,29+,30?/m1/s1. The third-order valence-electron chi connectivity index (χ3n) is 6.76. The number of hydrogen-bond acceptors (Lipinski definition) is 17. The molecule has 266 valence electrons. The van der Waals surface area contributed by atoms with E-state index in [1.54, 1.807) is 0 Å². The molecule has 1 aromatic carbocycles. The van der Waals surface area contributed by atoms with Gasteiger partial charge in [-0.2, -0.15) is 0 Å². The van der Waals surface area contributed by atoms with Gasteiger partial charge in [0.25, 0.3) is 0 Å². The highest BCUT2D eigenvalue weighted by Gasteiger charge is 2.56. The van der Waals surface area contributed by atoms with Crippen molar-refractivity contribution in [2.45, 2.75) is 103 Å². The topological polar surface area (TPSA) is 238 Å². The second-order valence-electron chi connectivity index (χ2n) is 10.8. The number of nitrogens with one attached hydrogen (secondary N) is 1. The number of anilines is 1. The van der Waals surface area contributed by atoms with Gasteiger partial charge in [0.2, 0.25) is 12.2 Å². The van der Waals surface area contributed by atoms with Crippen molar-refractivity contribution < 1.29 is 81.6 Å². The molecule has 2 heterocycles. The van der Waals surface area contributed by atoms with Gasteiger partial charge in [-0.15, -0.1) is 0 Å². The van der Waals surface area contributed by atoms with Crippen LogP contribution in [0.2, 0.25) is 0 Å². The number of aliphatic hydroxyl groups is 2. The Bertz CT molecular complexity index is 1320. The highest BCUT2D eigenvalue weighted by Crippen LogP contribution is 2.34. The minimum atomic E-state index is -1.84. The van der Waals surface area contributed by atoms with Crippen LogP contribution in [0.4, 0.5) is 5.69 Å². The van der Waals surface area contributed by atoms with Gasteiger partial charge in [0.15, 0.2) is 24.6 Å². The molecule has 0 spiro atoms. The van der Waals surface area contributed by atoms with E-state index in [1.165, 1.54) is 31.2 Å². The maximum atomic E-state index is 12.2. The predicted molar refractivity (Wildman–Crippen MR) is 156 cm³/mol. The Balaban J connectivity index is 1.95. The molecule has 2 fully saturated rings. The minimum absolute atomic E-state index is 0.172. The summed E-state index contributed by atoms with van der Waals surface area (Å²) in [6.45, 7) is 5.62. The van der Waals surface area contributed by atoms with Gasteiger partial charge < -0.3 is 58.2 Å². The predicted octanol–water partition coefficient (Wildman–Crippen LogP) is -0.498. The van der Waals surface area contributed by atoms with Crippen LogP contribution in [0.5, 0.6) is 5.75 Å². The smallest absolute Gasteiger partial charge is 0.303 e. The summed E-state index contributed by atoms with van der Waals surface area (Å²) in [6, 6.07) is 5.98. The average Bonchev–Trinajstić information content (AvgIpc) is 2.98. The molecule has 1 amide bonds. The molecule has 0 bridgehead atoms. The van der Waals surface area contributed by atoms with E-state index in [9.17, 15) is 39.0 Å². The molecule has 3 rings (SSSR count). The molecule has 48 heavy (non-hydrogen) atoms. The number of hydrogen-bond donors (Lipinski definition) is 3. The maximum absolute atomic E-state index is 12.2. The van der Waals surface area contributed by atoms with Gasteiger partial charge in [-0.25, -0.2) is 0 Å². The Labute approximate surface area is 274 Å². The Hall–Kier alpha value is -4.36. The Morgan fingerprint density at radius 1 is 0.625 bits per heavy atom. The van der Waals surface area contributed by atoms with E-state index < -0.39 is 104 Å². The van der Waals surface area contributed by atoms with Gasteiger partial charge in [0.05, 0.1) is 0 Å². The molecule has 2 aliphatic heterocycles. The first-order chi connectivity index (χ1) is 22.5. The number of esters is 5. The van der Waals surface area contributed by atoms with Crippen molar-refractivity contribution in [1.82, 2.24) is 0 Å². The van der Waals surface area contributed by atoms with Crippen LogP contribution in [-0.2, 0) is 66.7 Å². The largest absolute Gasteiger partial charge is 0.463 e. The molecular formula is C30H39NO17. The maximum Gasteiger partial charge on any atom is 0.303 e. The van der Waals surface area contributed by atoms with E-state index in [0.29, 0.717) is 5.69 Å². The second kappa shape index (κ2) is 17.2. The number of amides is 1. The molecule has 1 aromatic rings. The van der Waals surface area contributed by atoms with Crippen LogP contribution >= 0.6 is 0 Å². The molecule has 18 heteroatoms. The van der Waals surface area contributed by atoms with E-state index in [2.05, 4.69) is 5.32 Å². The fourth-order valence-corrected chi connectivity index (χ4v) is 4.91. The lowest BCUT2D eigenvalue weighted by Gasteiger charge is -2.47. The van der Waals surface area contributed by atoms with Crippen LogP contribution in [0.3, 0.4) is 0 Å². The molecule has 2 aliphatic rings. The first-order valence-corrected chi connectivity index (χ1v) is 14.7. The summed E-state index contributed by atoms with van der Waals surface area (Å²) in [7, 11) is 0. The monoisotopic (exact) mass is 685 g/mol. The van der Waals surface area contributed by atoms with Crippen LogP contribution in [0.1, 0.15) is 41.5 Å². The number of benzene rings is 1. The van der Waals surface area contributed by atoms with Crippen molar-refractivity contribution in [3.63, 3.8) is 0 Å². The number of aliphatic hydroxyl groups excluding tert-OH is 2. The Morgan fingerprint density at radius 2 is 1.10 bits per heavy atom. The zero-order valence-electron chi connectivity index (χ0n) is 27.0. The lowest BCUT2D eigenvalue weighted by molar-refractivity contribution is -0.354. The number of rotatable bonds is 12. The normalized spacial score (nSPS) is 29.8. The zero-order valence-corrected chi connectivity index (χ0v) is 27.0. The van der Waals surface area contributed by atoms with E-state index in [-0.39, 0.29) is 11.7 Å². The van der Waals surface area contributed by atoms with Gasteiger partial charge in [0.1, 0.15) is 49.5 Å². The lowest BCUT2D eigenvalue weighted by Crippen LogP contribution is -2.66. The van der Waals surface area contributed by atoms with Gasteiger partial charge >= 0.3 is 29.8 Å². The van der Waals surface area contributed by atoms with Crippen molar-refractivity contribution in [2.24, 2.45) is 0 Å². The Kier molecular flexibility index (Phi) is 13.6. The summed E-state index contributed by atoms with van der Waals surface area (Å²) in [5, 5.41) is 24.9. The van der Waals surface area contributed by atoms with Gasteiger partial charge in [-0.05, 0) is 24.3 Å². The summed E-state index contributed by atoms with van der Waals surface area (Å²) in [5.41, 5.74) is 0.464. The molecule has 0 aliphatic carbocycles. The van der Waals surface area contributed by atoms with Gasteiger partial charge in [-0.3, -0.25) is 28.8 Å². The summed E-state index contributed by atoms with van der Waals surface area (Å²) < 4.78 is 49.8. The molecule has 0 saturated carbocycles. The summed E-state index contributed by atoms with van der Waals surface area (Å²) >= 11 is 0. The van der Waals surface area contributed by atoms with Crippen molar-refractivity contribution in [3.8, 4) is 5.75 Å². The van der Waals surface area contributed by atoms with Crippen LogP contribution in [0.15, 0.2) is 24.3 Å². The summed E-state index contributed by atoms with van der Waals surface area (Å²) in [6.07, 6.45) is -16.0. The third kappa shape index (κ3) is 10.8. The fraction of sp³-hybridized carbons (Fsp3) is 0.600. The Morgan fingerprint density at radius 3 is 1.60 bits per heavy atom. The number of carbonyl (C=O) groups excluding carboxylic acids is 6. The molecule has 3 N–H and O–H groups in total. The first-order valence-electron chi connectivity index (χ1n) is 14.7. The van der Waals surface area contributed by atoms with E-state index in [1.807, 2.05) is 0 Å². The molecular weight excluding hydrogens is 646 g/mol. The van der Waals surface area contributed by atoms with Gasteiger partial charge in [0, 0.05) is 47.2 Å². The molecule has 0 aromatic heterocycles. The van der Waals surface area contributed by atoms with E-state index in [4.69, 9.17) is 42.6 Å². The lowest BCUT2D eigenvalue weighted by atomic mass is 9.96. The molecule has 0 radical (unpaired) electrons. The SMILES string of the molecule is CC(=O)Nc1ccc(O[C@H]2OC(COC(C)=O)[C@@H](OC3OC(COC(C)=O)[C@@H](OC(C)=O)[C@H](OC(C)=O)[C@H]3OC(C)=O)C(O)C2O)cc1. The van der Waals surface area contributed by atoms with E-state index in [0.717, 1.165) is 34.6 Å². The van der Waals surface area contributed by atoms with Crippen LogP contribution in [0.25, 0.3) is 0 Å². The molecule has 18 nitrogen and oxygen atoms in total. The second-order valence-corrected chi connectivity index (χ2v) is 10.8. The fourth-order valence-electron chi connectivity index (χ4n) is 4.91. The van der Waals surface area contributed by atoms with Crippen LogP contribution in [-0.4, -0.2) is 121 Å². The van der Waals surface area contributed by atoms with Gasteiger partial charge in [-0.1, -0.05) is 0 Å². The molecule has 5 unspecified atom stereocenters. The highest BCUT2D eigenvalue weighted by atomic mass is 16.8. The first kappa shape index (κ1) is 38.1. The summed E-state index contributed by atoms with van der Waals surface area (Å²) in [5.74, 6) is -4.21. The molecule has 2 saturated heterocycles. The number of carbonyl (C=O) groups is 6. The van der Waals surface area contributed by atoms with Crippen molar-refractivity contribution in [3.05, 3.63) is 24.3 Å². The third-order valence-corrected chi connectivity index (χ3v) is 6.76. The summed E-state index contributed by atoms with van der Waals surface area (Å²) in [4.78, 5) is 71.0. The van der Waals surface area contributed by atoms with Crippen LogP contribution < -0.4 is 10.1 Å².